The third-order valence-electron chi connectivity index (χ3n) is 5.80. The smallest absolute Gasteiger partial charge is 0.251 e. The number of halogens is 2. The average molecular weight is 514 g/mol. The predicted molar refractivity (Wildman–Crippen MR) is 139 cm³/mol. The van der Waals surface area contributed by atoms with E-state index in [1.807, 2.05) is 4.57 Å². The van der Waals surface area contributed by atoms with E-state index in [0.717, 1.165) is 0 Å². The highest BCUT2D eigenvalue weighted by molar-refractivity contribution is 7.94. The van der Waals surface area contributed by atoms with E-state index in [0.29, 0.717) is 44.1 Å². The Morgan fingerprint density at radius 2 is 1.63 bits per heavy atom. The molecule has 0 aliphatic heterocycles. The predicted octanol–water partition coefficient (Wildman–Crippen LogP) is 6.04. The van der Waals surface area contributed by atoms with Crippen molar-refractivity contribution in [1.82, 2.24) is 4.57 Å². The van der Waals surface area contributed by atoms with Crippen molar-refractivity contribution in [3.05, 3.63) is 82.6 Å². The van der Waals surface area contributed by atoms with Crippen molar-refractivity contribution in [2.75, 3.05) is 4.72 Å². The Hall–Kier alpha value is -3.36. The van der Waals surface area contributed by atoms with Crippen molar-refractivity contribution in [3.8, 4) is 16.9 Å². The van der Waals surface area contributed by atoms with E-state index in [1.165, 1.54) is 6.07 Å². The summed E-state index contributed by atoms with van der Waals surface area (Å²) in [5, 5.41) is 0.919. The number of sulfonamides is 1. The van der Waals surface area contributed by atoms with E-state index < -0.39 is 26.5 Å². The number of rotatable bonds is 5. The Bertz CT molecular complexity index is 1550. The molecule has 0 atom stereocenters. The van der Waals surface area contributed by atoms with Gasteiger partial charge in [0.15, 0.2) is 0 Å². The number of hydrogen-bond donors (Lipinski definition) is 2. The maximum atomic E-state index is 14.6. The zero-order chi connectivity index (χ0) is 25.7. The SMILES string of the molecule is Cc1cc2c(cc1F)c(C(N)=O)c(-c1ccc(NS(=O)(=O)C(C)(C)C)cc1)n2-c1ccc(Cl)cc1. The van der Waals surface area contributed by atoms with Crippen LogP contribution in [-0.4, -0.2) is 23.6 Å². The summed E-state index contributed by atoms with van der Waals surface area (Å²) in [6.45, 7) is 6.46. The van der Waals surface area contributed by atoms with Crippen LogP contribution < -0.4 is 10.5 Å². The maximum Gasteiger partial charge on any atom is 0.251 e. The molecular weight excluding hydrogens is 489 g/mol. The van der Waals surface area contributed by atoms with Crippen LogP contribution in [0.5, 0.6) is 0 Å². The molecule has 1 aromatic heterocycles. The van der Waals surface area contributed by atoms with Crippen LogP contribution in [0.4, 0.5) is 10.1 Å². The van der Waals surface area contributed by atoms with Gasteiger partial charge in [-0.25, -0.2) is 12.8 Å². The van der Waals surface area contributed by atoms with Gasteiger partial charge in [0.05, 0.1) is 21.5 Å². The molecule has 1 amide bonds. The Morgan fingerprint density at radius 3 is 2.17 bits per heavy atom. The monoisotopic (exact) mass is 513 g/mol. The van der Waals surface area contributed by atoms with Gasteiger partial charge >= 0.3 is 0 Å². The van der Waals surface area contributed by atoms with Gasteiger partial charge in [-0.2, -0.15) is 0 Å². The van der Waals surface area contributed by atoms with E-state index in [2.05, 4.69) is 4.72 Å². The molecule has 3 aromatic carbocycles. The molecule has 9 heteroatoms. The van der Waals surface area contributed by atoms with Crippen LogP contribution >= 0.6 is 11.6 Å². The van der Waals surface area contributed by atoms with Gasteiger partial charge in [0.1, 0.15) is 5.82 Å². The number of carbonyl (C=O) groups excluding carboxylic acids is 1. The first-order valence-corrected chi connectivity index (χ1v) is 12.7. The van der Waals surface area contributed by atoms with Crippen LogP contribution in [0.2, 0.25) is 5.02 Å². The van der Waals surface area contributed by atoms with E-state index in [-0.39, 0.29) is 5.56 Å². The van der Waals surface area contributed by atoms with Crippen molar-refractivity contribution in [1.29, 1.82) is 0 Å². The van der Waals surface area contributed by atoms with Crippen LogP contribution in [0.15, 0.2) is 60.7 Å². The molecule has 3 N–H and O–H groups in total. The second kappa shape index (κ2) is 8.70. The number of carbonyl (C=O) groups is 1. The van der Waals surface area contributed by atoms with Gasteiger partial charge in [-0.3, -0.25) is 9.52 Å². The molecule has 0 saturated carbocycles. The zero-order valence-corrected chi connectivity index (χ0v) is 21.3. The lowest BCUT2D eigenvalue weighted by atomic mass is 10.0. The normalized spacial score (nSPS) is 12.2. The minimum atomic E-state index is -3.62. The Labute approximate surface area is 208 Å². The van der Waals surface area contributed by atoms with Crippen molar-refractivity contribution in [2.24, 2.45) is 5.73 Å². The molecule has 0 bridgehead atoms. The number of nitrogens with zero attached hydrogens (tertiary/aromatic N) is 1. The fourth-order valence-electron chi connectivity index (χ4n) is 3.80. The van der Waals surface area contributed by atoms with Crippen molar-refractivity contribution in [3.63, 3.8) is 0 Å². The quantitative estimate of drug-likeness (QED) is 0.340. The average Bonchev–Trinajstić information content (AvgIpc) is 3.08. The van der Waals surface area contributed by atoms with Gasteiger partial charge in [-0.05, 0) is 87.4 Å². The Balaban J connectivity index is 1.98. The van der Waals surface area contributed by atoms with E-state index in [1.54, 1.807) is 82.3 Å². The fraction of sp³-hybridized carbons (Fsp3) is 0.192. The molecule has 4 rings (SSSR count). The number of fused-ring (bicyclic) bond motifs is 1. The lowest BCUT2D eigenvalue weighted by molar-refractivity contribution is 0.100. The largest absolute Gasteiger partial charge is 0.366 e. The molecular formula is C26H25ClFN3O3S. The molecule has 0 aliphatic carbocycles. The number of primary amides is 1. The van der Waals surface area contributed by atoms with Crippen molar-refractivity contribution >= 4 is 44.1 Å². The molecule has 1 heterocycles. The molecule has 0 fully saturated rings. The number of hydrogen-bond acceptors (Lipinski definition) is 3. The highest BCUT2D eigenvalue weighted by atomic mass is 35.5. The lowest BCUT2D eigenvalue weighted by Gasteiger charge is -2.20. The summed E-state index contributed by atoms with van der Waals surface area (Å²) < 4.78 is 43.1. The number of aryl methyl sites for hydroxylation is 1. The van der Waals surface area contributed by atoms with E-state index >= 15 is 0 Å². The first kappa shape index (κ1) is 24.8. The summed E-state index contributed by atoms with van der Waals surface area (Å²) in [4.78, 5) is 12.6. The minimum absolute atomic E-state index is 0.164. The molecule has 35 heavy (non-hydrogen) atoms. The van der Waals surface area contributed by atoms with Crippen molar-refractivity contribution in [2.45, 2.75) is 32.4 Å². The molecule has 182 valence electrons. The number of benzene rings is 3. The van der Waals surface area contributed by atoms with Gasteiger partial charge in [-0.15, -0.1) is 0 Å². The molecule has 4 aromatic rings. The summed E-state index contributed by atoms with van der Waals surface area (Å²) >= 11 is 6.09. The minimum Gasteiger partial charge on any atom is -0.366 e. The maximum absolute atomic E-state index is 14.6. The second-order valence-corrected chi connectivity index (χ2v) is 12.2. The number of nitrogens with two attached hydrogens (primary N) is 1. The highest BCUT2D eigenvalue weighted by Gasteiger charge is 2.29. The summed E-state index contributed by atoms with van der Waals surface area (Å²) in [7, 11) is -3.62. The van der Waals surface area contributed by atoms with Gasteiger partial charge < -0.3 is 10.3 Å². The second-order valence-electron chi connectivity index (χ2n) is 9.31. The van der Waals surface area contributed by atoms with Gasteiger partial charge in [0.2, 0.25) is 10.0 Å². The molecule has 0 saturated heterocycles. The first-order valence-electron chi connectivity index (χ1n) is 10.8. The summed E-state index contributed by atoms with van der Waals surface area (Å²) in [5.74, 6) is -1.16. The third kappa shape index (κ3) is 4.51. The van der Waals surface area contributed by atoms with Crippen molar-refractivity contribution < 1.29 is 17.6 Å². The van der Waals surface area contributed by atoms with Crippen LogP contribution in [0, 0.1) is 12.7 Å². The van der Waals surface area contributed by atoms with Crippen LogP contribution in [-0.2, 0) is 10.0 Å². The van der Waals surface area contributed by atoms with Gasteiger partial charge in [0, 0.05) is 21.8 Å². The standard InChI is InChI=1S/C26H25ClFN3O3S/c1-15-13-22-20(14-21(15)28)23(25(29)32)24(31(22)19-11-7-17(27)8-12-19)16-5-9-18(10-6-16)30-35(33,34)26(2,3)4/h5-14,30H,1-4H3,(H2,29,32). The first-order chi connectivity index (χ1) is 16.3. The van der Waals surface area contributed by atoms with E-state index in [9.17, 15) is 17.6 Å². The zero-order valence-electron chi connectivity index (χ0n) is 19.7. The van der Waals surface area contributed by atoms with Gasteiger partial charge in [-0.1, -0.05) is 23.7 Å². The summed E-state index contributed by atoms with van der Waals surface area (Å²) in [5.41, 5.74) is 9.12. The molecule has 0 radical (unpaired) electrons. The number of amides is 1. The molecule has 6 nitrogen and oxygen atoms in total. The lowest BCUT2D eigenvalue weighted by Crippen LogP contribution is -2.33. The summed E-state index contributed by atoms with van der Waals surface area (Å²) in [6, 6.07) is 16.6. The molecule has 0 spiro atoms. The number of aromatic nitrogens is 1. The van der Waals surface area contributed by atoms with Gasteiger partial charge in [0.25, 0.3) is 5.91 Å². The van der Waals surface area contributed by atoms with E-state index in [4.69, 9.17) is 17.3 Å². The fourth-order valence-corrected chi connectivity index (χ4v) is 4.68. The number of nitrogens with one attached hydrogen (secondary N) is 1. The number of anilines is 1. The van der Waals surface area contributed by atoms with Crippen LogP contribution in [0.1, 0.15) is 36.7 Å². The van der Waals surface area contributed by atoms with Crippen LogP contribution in [0.25, 0.3) is 27.8 Å². The Morgan fingerprint density at radius 1 is 1.03 bits per heavy atom. The molecule has 0 unspecified atom stereocenters. The highest BCUT2D eigenvalue weighted by Crippen LogP contribution is 2.38. The summed E-state index contributed by atoms with van der Waals surface area (Å²) in [6.07, 6.45) is 0. The Kier molecular flexibility index (Phi) is 6.15. The topological polar surface area (TPSA) is 94.2 Å². The van der Waals surface area contributed by atoms with Crippen LogP contribution in [0.3, 0.4) is 0 Å². The third-order valence-corrected chi connectivity index (χ3v) is 8.16. The molecule has 0 aliphatic rings.